The van der Waals surface area contributed by atoms with E-state index >= 15 is 0 Å². The van der Waals surface area contributed by atoms with E-state index < -0.39 is 77.4 Å². The molecule has 0 fully saturated rings. The lowest BCUT2D eigenvalue weighted by molar-refractivity contribution is -0.157. The van der Waals surface area contributed by atoms with Crippen LogP contribution in [0.15, 0.2) is 56.5 Å². The topological polar surface area (TPSA) is 49.4 Å². The van der Waals surface area contributed by atoms with Gasteiger partial charge in [0.15, 0.2) is 0 Å². The highest BCUT2D eigenvalue weighted by Crippen LogP contribution is 2.39. The molecule has 1 rings (SSSR count). The van der Waals surface area contributed by atoms with E-state index in [4.69, 9.17) is 11.6 Å². The standard InChI is InChI=1S/C24H19Br2ClF10N2O2/c1-11(6-17(26)20(27)12(2)25)15(23(32,33)34)8-18(28)13-4-5-14(16(7-13)24(35,36)37)21(41)38-9-19(40)39(3)10-22(29,30)31/h4-8,15H,1,9-10H2,2-3H3,(H,38,41)/b17-6+,18-8-,20-12-. The van der Waals surface area contributed by atoms with Crippen LogP contribution in [0.25, 0.3) is 5.83 Å². The smallest absolute Gasteiger partial charge is 0.343 e. The average molecular weight is 753 g/mol. The molecule has 0 saturated heterocycles. The highest BCUT2D eigenvalue weighted by atomic mass is 79.9. The number of hydrogen-bond donors (Lipinski definition) is 1. The molecule has 17 heteroatoms. The first-order valence-corrected chi connectivity index (χ1v) is 12.7. The van der Waals surface area contributed by atoms with E-state index in [0.29, 0.717) is 16.6 Å². The fourth-order valence-corrected chi connectivity index (χ4v) is 4.13. The van der Waals surface area contributed by atoms with E-state index in [2.05, 4.69) is 38.4 Å². The summed E-state index contributed by atoms with van der Waals surface area (Å²) in [5.74, 6) is -7.27. The molecule has 2 amide bonds. The van der Waals surface area contributed by atoms with Gasteiger partial charge in [0.1, 0.15) is 18.3 Å². The Balaban J connectivity index is 3.39. The van der Waals surface area contributed by atoms with Crippen molar-refractivity contribution in [2.75, 3.05) is 20.1 Å². The van der Waals surface area contributed by atoms with Crippen LogP contribution in [0.2, 0.25) is 0 Å². The Morgan fingerprint density at radius 1 is 1.10 bits per heavy atom. The summed E-state index contributed by atoms with van der Waals surface area (Å²) in [7, 11) is 0.748. The minimum Gasteiger partial charge on any atom is -0.343 e. The van der Waals surface area contributed by atoms with E-state index in [1.807, 2.05) is 0 Å². The number of hydrogen-bond acceptors (Lipinski definition) is 2. The van der Waals surface area contributed by atoms with Crippen molar-refractivity contribution in [2.24, 2.45) is 5.92 Å². The maximum atomic E-state index is 14.9. The molecule has 0 spiro atoms. The Bertz CT molecular complexity index is 1260. The number of carbonyl (C=O) groups excluding carboxylic acids is 2. The maximum absolute atomic E-state index is 14.9. The van der Waals surface area contributed by atoms with Gasteiger partial charge in [-0.2, -0.15) is 39.5 Å². The zero-order valence-electron chi connectivity index (χ0n) is 20.8. The van der Waals surface area contributed by atoms with Crippen LogP contribution in [0.3, 0.4) is 0 Å². The van der Waals surface area contributed by atoms with Crippen LogP contribution in [-0.4, -0.2) is 49.2 Å². The molecule has 1 atom stereocenters. The Morgan fingerprint density at radius 3 is 2.12 bits per heavy atom. The maximum Gasteiger partial charge on any atom is 0.417 e. The Morgan fingerprint density at radius 2 is 1.66 bits per heavy atom. The SMILES string of the molecule is C=C(/C=C(Br)\C(Cl)=C(/C)Br)C(/C=C(\F)c1ccc(C(=O)NCC(=O)N(C)CC(F)(F)F)c(C(F)(F)F)c1)C(F)(F)F. The molecule has 0 saturated carbocycles. The van der Waals surface area contributed by atoms with Crippen LogP contribution >= 0.6 is 43.5 Å². The number of rotatable bonds is 9. The first-order valence-electron chi connectivity index (χ1n) is 10.8. The highest BCUT2D eigenvalue weighted by molar-refractivity contribution is 9.12. The second kappa shape index (κ2) is 14.2. The van der Waals surface area contributed by atoms with E-state index in [1.165, 1.54) is 6.92 Å². The van der Waals surface area contributed by atoms with Gasteiger partial charge in [0.05, 0.1) is 22.7 Å². The number of benzene rings is 1. The molecule has 1 aromatic carbocycles. The molecule has 1 unspecified atom stereocenters. The minimum atomic E-state index is -5.32. The van der Waals surface area contributed by atoms with Crippen LogP contribution in [0, 0.1) is 5.92 Å². The summed E-state index contributed by atoms with van der Waals surface area (Å²) in [6, 6.07) is 1.11. The van der Waals surface area contributed by atoms with Gasteiger partial charge in [-0.1, -0.05) is 40.2 Å². The lowest BCUT2D eigenvalue weighted by Crippen LogP contribution is -2.42. The summed E-state index contributed by atoms with van der Waals surface area (Å²) in [6.45, 7) is 1.94. The van der Waals surface area contributed by atoms with E-state index in [-0.39, 0.29) is 26.6 Å². The fourth-order valence-electron chi connectivity index (χ4n) is 3.00. The number of nitrogens with zero attached hydrogens (tertiary/aromatic N) is 1. The first kappa shape index (κ1) is 36.7. The molecular formula is C24H19Br2ClF10N2O2. The van der Waals surface area contributed by atoms with Crippen LogP contribution in [-0.2, 0) is 11.0 Å². The minimum absolute atomic E-state index is 0.0118. The molecule has 1 aromatic rings. The zero-order chi connectivity index (χ0) is 32.1. The monoisotopic (exact) mass is 750 g/mol. The van der Waals surface area contributed by atoms with E-state index in [9.17, 15) is 53.5 Å². The molecule has 1 N–H and O–H groups in total. The van der Waals surface area contributed by atoms with Crippen molar-refractivity contribution in [1.82, 2.24) is 10.2 Å². The quantitative estimate of drug-likeness (QED) is 0.203. The number of amides is 2. The predicted octanol–water partition coefficient (Wildman–Crippen LogP) is 8.65. The van der Waals surface area contributed by atoms with Crippen molar-refractivity contribution < 1.29 is 53.5 Å². The van der Waals surface area contributed by atoms with E-state index in [0.717, 1.165) is 13.1 Å². The van der Waals surface area contributed by atoms with Crippen molar-refractivity contribution in [3.8, 4) is 0 Å². The number of likely N-dealkylation sites (N-methyl/N-ethyl adjacent to an activating group) is 1. The fraction of sp³-hybridized carbons (Fsp3) is 0.333. The van der Waals surface area contributed by atoms with Gasteiger partial charge in [0.25, 0.3) is 5.91 Å². The summed E-state index contributed by atoms with van der Waals surface area (Å²) in [5, 5.41) is 1.70. The van der Waals surface area contributed by atoms with Gasteiger partial charge in [-0.15, -0.1) is 0 Å². The molecular weight excluding hydrogens is 734 g/mol. The normalized spacial score (nSPS) is 14.8. The molecule has 0 aliphatic carbocycles. The van der Waals surface area contributed by atoms with Crippen LogP contribution in [0.1, 0.15) is 28.4 Å². The van der Waals surface area contributed by atoms with Crippen molar-refractivity contribution in [2.45, 2.75) is 25.5 Å². The Kier molecular flexibility index (Phi) is 12.7. The number of allylic oxidation sites excluding steroid dienone is 6. The van der Waals surface area contributed by atoms with Crippen LogP contribution < -0.4 is 5.32 Å². The van der Waals surface area contributed by atoms with Gasteiger partial charge >= 0.3 is 18.5 Å². The van der Waals surface area contributed by atoms with Gasteiger partial charge in [0, 0.05) is 21.6 Å². The number of halogens is 13. The molecule has 41 heavy (non-hydrogen) atoms. The second-order valence-corrected chi connectivity index (χ2v) is 10.7. The highest BCUT2D eigenvalue weighted by Gasteiger charge is 2.41. The molecule has 0 radical (unpaired) electrons. The lowest BCUT2D eigenvalue weighted by Gasteiger charge is -2.20. The van der Waals surface area contributed by atoms with Crippen LogP contribution in [0.4, 0.5) is 43.9 Å². The molecule has 228 valence electrons. The second-order valence-electron chi connectivity index (χ2n) is 8.25. The molecule has 0 bridgehead atoms. The third-order valence-corrected chi connectivity index (χ3v) is 6.94. The molecule has 0 aromatic heterocycles. The van der Waals surface area contributed by atoms with Gasteiger partial charge in [-0.3, -0.25) is 9.59 Å². The predicted molar refractivity (Wildman–Crippen MR) is 140 cm³/mol. The van der Waals surface area contributed by atoms with Crippen molar-refractivity contribution in [1.29, 1.82) is 0 Å². The lowest BCUT2D eigenvalue weighted by atomic mass is 9.96. The van der Waals surface area contributed by atoms with Gasteiger partial charge < -0.3 is 10.2 Å². The summed E-state index contributed by atoms with van der Waals surface area (Å²) in [6.07, 6.45) is -14.4. The summed E-state index contributed by atoms with van der Waals surface area (Å²) < 4.78 is 135. The van der Waals surface area contributed by atoms with Crippen molar-refractivity contribution >= 4 is 61.1 Å². The molecule has 0 heterocycles. The van der Waals surface area contributed by atoms with E-state index in [1.54, 1.807) is 5.32 Å². The summed E-state index contributed by atoms with van der Waals surface area (Å²) in [5.41, 5.74) is -4.63. The van der Waals surface area contributed by atoms with Crippen molar-refractivity contribution in [3.05, 3.63) is 73.2 Å². The number of alkyl halides is 9. The van der Waals surface area contributed by atoms with Gasteiger partial charge in [-0.25, -0.2) is 4.39 Å². The summed E-state index contributed by atoms with van der Waals surface area (Å²) in [4.78, 5) is 24.3. The van der Waals surface area contributed by atoms with Gasteiger partial charge in [-0.05, 0) is 52.7 Å². The number of nitrogens with one attached hydrogen (secondary N) is 1. The number of carbonyl (C=O) groups is 2. The third kappa shape index (κ3) is 11.5. The largest absolute Gasteiger partial charge is 0.417 e. The molecule has 0 aliphatic heterocycles. The van der Waals surface area contributed by atoms with Gasteiger partial charge in [0.2, 0.25) is 5.91 Å². The molecule has 0 aliphatic rings. The first-order chi connectivity index (χ1) is 18.5. The Labute approximate surface area is 249 Å². The van der Waals surface area contributed by atoms with Crippen LogP contribution in [0.5, 0.6) is 0 Å². The third-order valence-electron chi connectivity index (χ3n) is 4.98. The van der Waals surface area contributed by atoms with Crippen molar-refractivity contribution in [3.63, 3.8) is 0 Å². The Hall–Kier alpha value is -2.33. The average Bonchev–Trinajstić information content (AvgIpc) is 2.81. The summed E-state index contributed by atoms with van der Waals surface area (Å²) >= 11 is 11.9. The zero-order valence-corrected chi connectivity index (χ0v) is 24.7. The molecule has 4 nitrogen and oxygen atoms in total.